The molecule has 0 radical (unpaired) electrons. The van der Waals surface area contributed by atoms with Gasteiger partial charge >= 0.3 is 0 Å². The lowest BCUT2D eigenvalue weighted by molar-refractivity contribution is 0.555. The molecule has 156 valence electrons. The second kappa shape index (κ2) is 18.6. The summed E-state index contributed by atoms with van der Waals surface area (Å²) in [5.74, 6) is 0. The second-order valence-electron chi connectivity index (χ2n) is 8.57. The van der Waals surface area contributed by atoms with Crippen molar-refractivity contribution in [3.05, 3.63) is 35.4 Å². The zero-order chi connectivity index (χ0) is 19.4. The molecule has 0 aliphatic heterocycles. The topological polar surface area (TPSA) is 0 Å². The maximum absolute atomic E-state index is 2.38. The molecule has 1 aromatic carbocycles. The lowest BCUT2D eigenvalue weighted by atomic mass is 9.96. The Morgan fingerprint density at radius 1 is 0.407 bits per heavy atom. The molecule has 0 N–H and O–H groups in total. The van der Waals surface area contributed by atoms with Gasteiger partial charge in [-0.2, -0.15) is 0 Å². The summed E-state index contributed by atoms with van der Waals surface area (Å²) >= 11 is 0. The van der Waals surface area contributed by atoms with Crippen LogP contribution in [0.15, 0.2) is 24.3 Å². The van der Waals surface area contributed by atoms with E-state index in [4.69, 9.17) is 0 Å². The van der Waals surface area contributed by atoms with Crippen molar-refractivity contribution in [2.24, 2.45) is 0 Å². The smallest absolute Gasteiger partial charge is 0.0276 e. The maximum Gasteiger partial charge on any atom is -0.0276 e. The van der Waals surface area contributed by atoms with Crippen molar-refractivity contribution < 1.29 is 0 Å². The van der Waals surface area contributed by atoms with E-state index in [1.54, 1.807) is 11.1 Å². The molecular formula is C27H48. The van der Waals surface area contributed by atoms with E-state index in [9.17, 15) is 0 Å². The third kappa shape index (κ3) is 14.0. The minimum atomic E-state index is 1.29. The van der Waals surface area contributed by atoms with Crippen molar-refractivity contribution in [1.82, 2.24) is 0 Å². The van der Waals surface area contributed by atoms with E-state index in [1.165, 1.54) is 122 Å². The molecule has 0 aliphatic carbocycles. The molecule has 0 amide bonds. The molecule has 0 heterocycles. The standard InChI is InChI=1S/C27H48/c1-3-5-7-9-11-12-13-15-17-19-23-27-25-21-20-24-26(27)22-18-16-14-10-8-6-4-2/h20-21,24-25H,3-19,22-23H2,1-2H3. The molecule has 0 spiro atoms. The molecule has 0 saturated heterocycles. The fraction of sp³-hybridized carbons (Fsp3) is 0.778. The van der Waals surface area contributed by atoms with Gasteiger partial charge in [0.2, 0.25) is 0 Å². The van der Waals surface area contributed by atoms with Gasteiger partial charge in [0, 0.05) is 0 Å². The highest BCUT2D eigenvalue weighted by Crippen LogP contribution is 2.18. The first-order valence-corrected chi connectivity index (χ1v) is 12.4. The van der Waals surface area contributed by atoms with Crippen LogP contribution in [0.3, 0.4) is 0 Å². The van der Waals surface area contributed by atoms with Gasteiger partial charge in [-0.25, -0.2) is 0 Å². The number of benzene rings is 1. The summed E-state index contributed by atoms with van der Waals surface area (Å²) in [5, 5.41) is 0. The van der Waals surface area contributed by atoms with Crippen LogP contribution in [0, 0.1) is 0 Å². The zero-order valence-electron chi connectivity index (χ0n) is 18.7. The Balaban J connectivity index is 2.06. The predicted molar refractivity (Wildman–Crippen MR) is 124 cm³/mol. The van der Waals surface area contributed by atoms with Crippen LogP contribution in [0.5, 0.6) is 0 Å². The molecule has 0 heteroatoms. The van der Waals surface area contributed by atoms with Gasteiger partial charge in [-0.15, -0.1) is 0 Å². The average molecular weight is 373 g/mol. The maximum atomic E-state index is 2.38. The summed E-state index contributed by atoms with van der Waals surface area (Å²) in [4.78, 5) is 0. The van der Waals surface area contributed by atoms with Crippen molar-refractivity contribution in [2.45, 2.75) is 136 Å². The molecule has 1 rings (SSSR count). The van der Waals surface area contributed by atoms with E-state index in [1.807, 2.05) is 0 Å². The van der Waals surface area contributed by atoms with Crippen molar-refractivity contribution in [3.8, 4) is 0 Å². The van der Waals surface area contributed by atoms with E-state index in [-0.39, 0.29) is 0 Å². The fourth-order valence-corrected chi connectivity index (χ4v) is 4.12. The molecule has 1 aromatic rings. The summed E-state index contributed by atoms with van der Waals surface area (Å²) in [5.41, 5.74) is 3.25. The van der Waals surface area contributed by atoms with E-state index >= 15 is 0 Å². The van der Waals surface area contributed by atoms with Crippen LogP contribution in [0.25, 0.3) is 0 Å². The van der Waals surface area contributed by atoms with Gasteiger partial charge in [-0.1, -0.05) is 134 Å². The number of aryl methyl sites for hydroxylation is 2. The lowest BCUT2D eigenvalue weighted by Crippen LogP contribution is -1.95. The van der Waals surface area contributed by atoms with Crippen molar-refractivity contribution >= 4 is 0 Å². The molecule has 0 nitrogen and oxygen atoms in total. The monoisotopic (exact) mass is 372 g/mol. The molecule has 27 heavy (non-hydrogen) atoms. The van der Waals surface area contributed by atoms with Crippen molar-refractivity contribution in [1.29, 1.82) is 0 Å². The van der Waals surface area contributed by atoms with Gasteiger partial charge < -0.3 is 0 Å². The van der Waals surface area contributed by atoms with E-state index in [0.29, 0.717) is 0 Å². The fourth-order valence-electron chi connectivity index (χ4n) is 4.12. The average Bonchev–Trinajstić information content (AvgIpc) is 2.69. The Kier molecular flexibility index (Phi) is 16.7. The van der Waals surface area contributed by atoms with Crippen LogP contribution < -0.4 is 0 Å². The van der Waals surface area contributed by atoms with Gasteiger partial charge in [0.15, 0.2) is 0 Å². The normalized spacial score (nSPS) is 11.2. The molecule has 0 saturated carbocycles. The molecule has 0 bridgehead atoms. The Hall–Kier alpha value is -0.780. The molecular weight excluding hydrogens is 324 g/mol. The third-order valence-corrected chi connectivity index (χ3v) is 5.97. The van der Waals surface area contributed by atoms with Crippen molar-refractivity contribution in [2.75, 3.05) is 0 Å². The van der Waals surface area contributed by atoms with Crippen LogP contribution in [0.4, 0.5) is 0 Å². The first-order valence-electron chi connectivity index (χ1n) is 12.4. The Morgan fingerprint density at radius 3 is 1.04 bits per heavy atom. The summed E-state index contributed by atoms with van der Waals surface area (Å²) in [6.45, 7) is 4.60. The highest BCUT2D eigenvalue weighted by molar-refractivity contribution is 5.27. The third-order valence-electron chi connectivity index (χ3n) is 5.97. The van der Waals surface area contributed by atoms with Gasteiger partial charge in [-0.3, -0.25) is 0 Å². The quantitative estimate of drug-likeness (QED) is 0.212. The molecule has 0 fully saturated rings. The number of hydrogen-bond donors (Lipinski definition) is 0. The van der Waals surface area contributed by atoms with Crippen LogP contribution >= 0.6 is 0 Å². The lowest BCUT2D eigenvalue weighted by Gasteiger charge is -2.10. The summed E-state index contributed by atoms with van der Waals surface area (Å²) < 4.78 is 0. The van der Waals surface area contributed by atoms with Gasteiger partial charge in [0.1, 0.15) is 0 Å². The first-order chi connectivity index (χ1) is 13.4. The molecule has 0 unspecified atom stereocenters. The van der Waals surface area contributed by atoms with Crippen LogP contribution in [0.1, 0.15) is 134 Å². The second-order valence-corrected chi connectivity index (χ2v) is 8.57. The minimum absolute atomic E-state index is 1.29. The Morgan fingerprint density at radius 2 is 0.704 bits per heavy atom. The predicted octanol–water partition coefficient (Wildman–Crippen LogP) is 9.44. The number of unbranched alkanes of at least 4 members (excludes halogenated alkanes) is 15. The molecule has 0 aliphatic rings. The molecule has 0 atom stereocenters. The Labute approximate surface area is 171 Å². The SMILES string of the molecule is CCCCCCCCCCCCc1ccccc1CCCCCCCCC. The highest BCUT2D eigenvalue weighted by atomic mass is 14.1. The summed E-state index contributed by atoms with van der Waals surface area (Å²) in [7, 11) is 0. The van der Waals surface area contributed by atoms with E-state index < -0.39 is 0 Å². The van der Waals surface area contributed by atoms with Crippen molar-refractivity contribution in [3.63, 3.8) is 0 Å². The summed E-state index contributed by atoms with van der Waals surface area (Å²) in [6, 6.07) is 9.23. The van der Waals surface area contributed by atoms with Crippen LogP contribution in [0.2, 0.25) is 0 Å². The largest absolute Gasteiger partial charge is 0.0654 e. The van der Waals surface area contributed by atoms with Gasteiger partial charge in [0.25, 0.3) is 0 Å². The van der Waals surface area contributed by atoms with E-state index in [0.717, 1.165) is 0 Å². The van der Waals surface area contributed by atoms with Crippen LogP contribution in [-0.4, -0.2) is 0 Å². The number of rotatable bonds is 19. The number of hydrogen-bond acceptors (Lipinski definition) is 0. The zero-order valence-corrected chi connectivity index (χ0v) is 18.7. The van der Waals surface area contributed by atoms with Gasteiger partial charge in [0.05, 0.1) is 0 Å². The molecule has 0 aromatic heterocycles. The minimum Gasteiger partial charge on any atom is -0.0654 e. The van der Waals surface area contributed by atoms with Gasteiger partial charge in [-0.05, 0) is 36.8 Å². The summed E-state index contributed by atoms with van der Waals surface area (Å²) in [6.07, 6.45) is 26.8. The van der Waals surface area contributed by atoms with Crippen LogP contribution in [-0.2, 0) is 12.8 Å². The highest BCUT2D eigenvalue weighted by Gasteiger charge is 2.02. The Bertz CT molecular complexity index is 420. The first kappa shape index (κ1) is 24.3. The van der Waals surface area contributed by atoms with E-state index in [2.05, 4.69) is 38.1 Å².